The van der Waals surface area contributed by atoms with Gasteiger partial charge in [-0.15, -0.1) is 0 Å². The number of aromatic nitrogens is 2. The molecule has 0 aliphatic carbocycles. The highest BCUT2D eigenvalue weighted by molar-refractivity contribution is 5.91. The van der Waals surface area contributed by atoms with Gasteiger partial charge in [-0.05, 0) is 39.0 Å². The van der Waals surface area contributed by atoms with Crippen LogP contribution in [0.4, 0.5) is 11.5 Å². The number of amides is 1. The van der Waals surface area contributed by atoms with E-state index in [0.717, 1.165) is 16.9 Å². The van der Waals surface area contributed by atoms with E-state index in [1.165, 1.54) is 12.1 Å². The van der Waals surface area contributed by atoms with Crippen LogP contribution in [-0.2, 0) is 4.79 Å². The highest BCUT2D eigenvalue weighted by Gasteiger charge is 2.16. The summed E-state index contributed by atoms with van der Waals surface area (Å²) in [6.45, 7) is 5.14. The van der Waals surface area contributed by atoms with Crippen molar-refractivity contribution in [3.63, 3.8) is 0 Å². The van der Waals surface area contributed by atoms with Crippen LogP contribution in [0.25, 0.3) is 5.69 Å². The predicted molar refractivity (Wildman–Crippen MR) is 105 cm³/mol. The second-order valence-corrected chi connectivity index (χ2v) is 6.41. The molecule has 0 spiro atoms. The Morgan fingerprint density at radius 3 is 2.57 bits per heavy atom. The molecule has 0 atom stereocenters. The van der Waals surface area contributed by atoms with Crippen molar-refractivity contribution in [2.24, 2.45) is 0 Å². The molecule has 28 heavy (non-hydrogen) atoms. The SMILES string of the molecule is Cc1ccc(-n2nc(C)cc2NC(=O)COc2cccc([N+](=O)[O-])c2C)cc1. The van der Waals surface area contributed by atoms with Gasteiger partial charge in [0.15, 0.2) is 6.61 Å². The summed E-state index contributed by atoms with van der Waals surface area (Å²) in [5, 5.41) is 18.2. The van der Waals surface area contributed by atoms with Gasteiger partial charge in [0, 0.05) is 12.1 Å². The molecule has 0 unspecified atom stereocenters. The van der Waals surface area contributed by atoms with Crippen molar-refractivity contribution in [2.75, 3.05) is 11.9 Å². The minimum absolute atomic E-state index is 0.0500. The molecule has 144 valence electrons. The molecule has 8 heteroatoms. The van der Waals surface area contributed by atoms with E-state index in [1.807, 2.05) is 38.1 Å². The maximum Gasteiger partial charge on any atom is 0.276 e. The first kappa shape index (κ1) is 19.1. The van der Waals surface area contributed by atoms with Crippen molar-refractivity contribution < 1.29 is 14.5 Å². The lowest BCUT2D eigenvalue weighted by molar-refractivity contribution is -0.385. The predicted octanol–water partition coefficient (Wildman–Crippen LogP) is 3.72. The third kappa shape index (κ3) is 4.17. The van der Waals surface area contributed by atoms with Crippen LogP contribution < -0.4 is 10.1 Å². The molecule has 8 nitrogen and oxygen atoms in total. The molecule has 3 aromatic rings. The number of carbonyl (C=O) groups is 1. The number of aryl methyl sites for hydroxylation is 2. The Hall–Kier alpha value is -3.68. The molecule has 1 amide bonds. The Kier molecular flexibility index (Phi) is 5.39. The van der Waals surface area contributed by atoms with Gasteiger partial charge in [0.05, 0.1) is 21.9 Å². The van der Waals surface area contributed by atoms with Gasteiger partial charge < -0.3 is 10.1 Å². The molecule has 0 saturated carbocycles. The number of ether oxygens (including phenoxy) is 1. The van der Waals surface area contributed by atoms with Crippen LogP contribution in [-0.4, -0.2) is 27.2 Å². The van der Waals surface area contributed by atoms with Crippen molar-refractivity contribution >= 4 is 17.4 Å². The van der Waals surface area contributed by atoms with Crippen LogP contribution in [0.5, 0.6) is 5.75 Å². The zero-order valence-corrected chi connectivity index (χ0v) is 15.8. The molecule has 3 rings (SSSR count). The van der Waals surface area contributed by atoms with E-state index < -0.39 is 4.92 Å². The maximum atomic E-state index is 12.4. The molecule has 1 N–H and O–H groups in total. The first-order valence-electron chi connectivity index (χ1n) is 8.65. The average molecular weight is 380 g/mol. The van der Waals surface area contributed by atoms with E-state index in [4.69, 9.17) is 4.74 Å². The van der Waals surface area contributed by atoms with Gasteiger partial charge in [-0.25, -0.2) is 4.68 Å². The molecule has 0 fully saturated rings. The Morgan fingerprint density at radius 1 is 1.18 bits per heavy atom. The van der Waals surface area contributed by atoms with Gasteiger partial charge in [0.1, 0.15) is 11.6 Å². The average Bonchev–Trinajstić information content (AvgIpc) is 3.01. The summed E-state index contributed by atoms with van der Waals surface area (Å²) in [5.41, 5.74) is 3.03. The van der Waals surface area contributed by atoms with Gasteiger partial charge in [-0.3, -0.25) is 14.9 Å². The third-order valence-corrected chi connectivity index (χ3v) is 4.19. The number of nitrogens with zero attached hydrogens (tertiary/aromatic N) is 3. The molecule has 0 bridgehead atoms. The minimum atomic E-state index is -0.481. The van der Waals surface area contributed by atoms with Crippen LogP contribution in [0.1, 0.15) is 16.8 Å². The number of hydrogen-bond donors (Lipinski definition) is 1. The first-order chi connectivity index (χ1) is 13.3. The summed E-state index contributed by atoms with van der Waals surface area (Å²) in [4.78, 5) is 22.9. The number of nitrogens with one attached hydrogen (secondary N) is 1. The summed E-state index contributed by atoms with van der Waals surface area (Å²) in [7, 11) is 0. The van der Waals surface area contributed by atoms with Crippen LogP contribution in [0.3, 0.4) is 0 Å². The molecule has 2 aromatic carbocycles. The van der Waals surface area contributed by atoms with E-state index in [-0.39, 0.29) is 18.2 Å². The van der Waals surface area contributed by atoms with E-state index in [2.05, 4.69) is 10.4 Å². The van der Waals surface area contributed by atoms with Crippen LogP contribution in [0.2, 0.25) is 0 Å². The highest BCUT2D eigenvalue weighted by Crippen LogP contribution is 2.27. The normalized spacial score (nSPS) is 10.5. The lowest BCUT2D eigenvalue weighted by Gasteiger charge is -2.11. The quantitative estimate of drug-likeness (QED) is 0.519. The molecule has 0 saturated heterocycles. The number of carbonyl (C=O) groups excluding carboxylic acids is 1. The molecule has 1 heterocycles. The Labute approximate surface area is 161 Å². The summed E-state index contributed by atoms with van der Waals surface area (Å²) in [6, 6.07) is 14.0. The highest BCUT2D eigenvalue weighted by atomic mass is 16.6. The molecular weight excluding hydrogens is 360 g/mol. The zero-order chi connectivity index (χ0) is 20.3. The van der Waals surface area contributed by atoms with Crippen molar-refractivity contribution in [1.29, 1.82) is 0 Å². The molecule has 1 aromatic heterocycles. The van der Waals surface area contributed by atoms with Gasteiger partial charge in [0.2, 0.25) is 0 Å². The Bertz CT molecular complexity index is 1030. The van der Waals surface area contributed by atoms with E-state index >= 15 is 0 Å². The minimum Gasteiger partial charge on any atom is -0.483 e. The number of nitro groups is 1. The molecule has 0 aliphatic heterocycles. The largest absolute Gasteiger partial charge is 0.483 e. The number of benzene rings is 2. The molecular formula is C20H20N4O4. The van der Waals surface area contributed by atoms with Gasteiger partial charge in [-0.1, -0.05) is 23.8 Å². The standard InChI is InChI=1S/C20H20N4O4/c1-13-7-9-16(10-8-13)23-19(11-14(2)22-23)21-20(25)12-28-18-6-4-5-17(15(18)3)24(26)27/h4-11H,12H2,1-3H3,(H,21,25). The summed E-state index contributed by atoms with van der Waals surface area (Å²) >= 11 is 0. The first-order valence-corrected chi connectivity index (χ1v) is 8.65. The monoisotopic (exact) mass is 380 g/mol. The number of nitro benzene ring substituents is 1. The fraction of sp³-hybridized carbons (Fsp3) is 0.200. The molecule has 0 aliphatic rings. The van der Waals surface area contributed by atoms with Crippen molar-refractivity contribution in [2.45, 2.75) is 20.8 Å². The van der Waals surface area contributed by atoms with Crippen molar-refractivity contribution in [3.05, 3.63) is 75.5 Å². The lowest BCUT2D eigenvalue weighted by Crippen LogP contribution is -2.22. The fourth-order valence-electron chi connectivity index (χ4n) is 2.75. The second-order valence-electron chi connectivity index (χ2n) is 6.41. The van der Waals surface area contributed by atoms with Gasteiger partial charge >= 0.3 is 0 Å². The number of hydrogen-bond acceptors (Lipinski definition) is 5. The van der Waals surface area contributed by atoms with E-state index in [9.17, 15) is 14.9 Å². The van der Waals surface area contributed by atoms with Gasteiger partial charge in [0.25, 0.3) is 11.6 Å². The van der Waals surface area contributed by atoms with Gasteiger partial charge in [-0.2, -0.15) is 5.10 Å². The van der Waals surface area contributed by atoms with Crippen LogP contribution in [0.15, 0.2) is 48.5 Å². The number of anilines is 1. The lowest BCUT2D eigenvalue weighted by atomic mass is 10.2. The third-order valence-electron chi connectivity index (χ3n) is 4.19. The summed E-state index contributed by atoms with van der Waals surface area (Å²) in [6.07, 6.45) is 0. The van der Waals surface area contributed by atoms with Crippen LogP contribution >= 0.6 is 0 Å². The summed E-state index contributed by atoms with van der Waals surface area (Å²) in [5.74, 6) is 0.428. The second kappa shape index (κ2) is 7.91. The Balaban J connectivity index is 1.72. The summed E-state index contributed by atoms with van der Waals surface area (Å²) < 4.78 is 7.13. The maximum absolute atomic E-state index is 12.4. The fourth-order valence-corrected chi connectivity index (χ4v) is 2.75. The zero-order valence-electron chi connectivity index (χ0n) is 15.8. The Morgan fingerprint density at radius 2 is 1.89 bits per heavy atom. The van der Waals surface area contributed by atoms with Crippen molar-refractivity contribution in [3.8, 4) is 11.4 Å². The topological polar surface area (TPSA) is 99.3 Å². The smallest absolute Gasteiger partial charge is 0.276 e. The number of rotatable bonds is 6. The van der Waals surface area contributed by atoms with Crippen LogP contribution in [0, 0.1) is 30.9 Å². The van der Waals surface area contributed by atoms with E-state index in [0.29, 0.717) is 17.1 Å². The van der Waals surface area contributed by atoms with Crippen molar-refractivity contribution in [1.82, 2.24) is 9.78 Å². The molecule has 0 radical (unpaired) electrons. The van der Waals surface area contributed by atoms with E-state index in [1.54, 1.807) is 23.7 Å².